The maximum atomic E-state index is 13.6. The van der Waals surface area contributed by atoms with Gasteiger partial charge in [-0.1, -0.05) is 32.3 Å². The first-order valence-corrected chi connectivity index (χ1v) is 7.18. The molecule has 0 heterocycles. The summed E-state index contributed by atoms with van der Waals surface area (Å²) in [5.41, 5.74) is 0.959. The Morgan fingerprint density at radius 1 is 1.26 bits per heavy atom. The van der Waals surface area contributed by atoms with Crippen molar-refractivity contribution < 1.29 is 9.13 Å². The molecule has 0 saturated heterocycles. The largest absolute Gasteiger partial charge is 0.494 e. The van der Waals surface area contributed by atoms with Crippen LogP contribution in [-0.4, -0.2) is 13.2 Å². The van der Waals surface area contributed by atoms with E-state index in [4.69, 9.17) is 4.74 Å². The first kappa shape index (κ1) is 16.0. The molecule has 2 nitrogen and oxygen atoms in total. The highest BCUT2D eigenvalue weighted by Gasteiger charge is 2.11. The van der Waals surface area contributed by atoms with Crippen LogP contribution in [0.4, 0.5) is 4.39 Å². The molecule has 1 rings (SSSR count). The van der Waals surface area contributed by atoms with E-state index < -0.39 is 0 Å². The Balaban J connectivity index is 2.52. The van der Waals surface area contributed by atoms with Crippen LogP contribution in [0, 0.1) is 5.82 Å². The summed E-state index contributed by atoms with van der Waals surface area (Å²) in [4.78, 5) is 0. The summed E-state index contributed by atoms with van der Waals surface area (Å²) in [7, 11) is 1.48. The Bertz CT molecular complexity index is 381. The van der Waals surface area contributed by atoms with Gasteiger partial charge in [0.1, 0.15) is 0 Å². The number of unbranched alkanes of at least 4 members (excludes halogenated alkanes) is 2. The predicted octanol–water partition coefficient (Wildman–Crippen LogP) is 4.45. The van der Waals surface area contributed by atoms with Gasteiger partial charge in [0.2, 0.25) is 0 Å². The topological polar surface area (TPSA) is 21.3 Å². The second-order valence-corrected chi connectivity index (χ2v) is 5.18. The highest BCUT2D eigenvalue weighted by molar-refractivity contribution is 5.30. The van der Waals surface area contributed by atoms with E-state index in [1.807, 2.05) is 6.07 Å². The minimum absolute atomic E-state index is 0.150. The van der Waals surface area contributed by atoms with E-state index in [0.717, 1.165) is 12.0 Å². The maximum absolute atomic E-state index is 13.6. The third kappa shape index (κ3) is 5.19. The summed E-state index contributed by atoms with van der Waals surface area (Å²) < 4.78 is 18.6. The number of nitrogens with one attached hydrogen (secondary N) is 1. The van der Waals surface area contributed by atoms with Gasteiger partial charge in [0.25, 0.3) is 0 Å². The molecular formula is C16H26FNO. The number of hydrogen-bond donors (Lipinski definition) is 1. The summed E-state index contributed by atoms with van der Waals surface area (Å²) in [5.74, 6) is -0.000713. The van der Waals surface area contributed by atoms with Crippen molar-refractivity contribution >= 4 is 0 Å². The van der Waals surface area contributed by atoms with Crippen molar-refractivity contribution in [2.75, 3.05) is 7.11 Å². The van der Waals surface area contributed by atoms with Gasteiger partial charge in [-0.2, -0.15) is 0 Å². The average Bonchev–Trinajstić information content (AvgIpc) is 2.38. The Morgan fingerprint density at radius 2 is 2.00 bits per heavy atom. The van der Waals surface area contributed by atoms with Gasteiger partial charge in [-0.25, -0.2) is 4.39 Å². The van der Waals surface area contributed by atoms with Crippen molar-refractivity contribution in [2.45, 2.75) is 58.5 Å². The van der Waals surface area contributed by atoms with E-state index in [-0.39, 0.29) is 11.9 Å². The third-order valence-corrected chi connectivity index (χ3v) is 3.45. The molecule has 19 heavy (non-hydrogen) atoms. The summed E-state index contributed by atoms with van der Waals surface area (Å²) in [5, 5.41) is 3.51. The summed E-state index contributed by atoms with van der Waals surface area (Å²) in [6.45, 7) is 6.46. The van der Waals surface area contributed by atoms with Crippen molar-refractivity contribution in [1.82, 2.24) is 5.32 Å². The lowest BCUT2D eigenvalue weighted by atomic mass is 10.0. The third-order valence-electron chi connectivity index (χ3n) is 3.45. The molecule has 0 fully saturated rings. The monoisotopic (exact) mass is 267 g/mol. The molecule has 0 saturated carbocycles. The first-order chi connectivity index (χ1) is 9.08. The minimum Gasteiger partial charge on any atom is -0.494 e. The fourth-order valence-corrected chi connectivity index (χ4v) is 2.26. The number of ether oxygens (including phenoxy) is 1. The van der Waals surface area contributed by atoms with E-state index in [1.165, 1.54) is 26.4 Å². The molecule has 0 aliphatic heterocycles. The van der Waals surface area contributed by atoms with Gasteiger partial charge in [0, 0.05) is 12.1 Å². The molecule has 1 aromatic carbocycles. The van der Waals surface area contributed by atoms with Gasteiger partial charge in [0.05, 0.1) is 7.11 Å². The van der Waals surface area contributed by atoms with Crippen molar-refractivity contribution in [3.8, 4) is 5.75 Å². The standard InChI is InChI=1S/C16H26FNO/c1-5-6-7-8-12(2)18-13(3)14-9-10-16(19-4)15(17)11-14/h9-13,18H,5-8H2,1-4H3. The Kier molecular flexibility index (Phi) is 6.85. The molecule has 2 atom stereocenters. The van der Waals surface area contributed by atoms with Crippen molar-refractivity contribution in [1.29, 1.82) is 0 Å². The van der Waals surface area contributed by atoms with Crippen molar-refractivity contribution in [3.63, 3.8) is 0 Å². The van der Waals surface area contributed by atoms with Crippen molar-refractivity contribution in [2.24, 2.45) is 0 Å². The van der Waals surface area contributed by atoms with Crippen LogP contribution < -0.4 is 10.1 Å². The molecular weight excluding hydrogens is 241 g/mol. The van der Waals surface area contributed by atoms with E-state index in [1.54, 1.807) is 12.1 Å². The molecule has 1 aromatic rings. The maximum Gasteiger partial charge on any atom is 0.165 e. The summed E-state index contributed by atoms with van der Waals surface area (Å²) in [6.07, 6.45) is 4.93. The zero-order valence-corrected chi connectivity index (χ0v) is 12.5. The van der Waals surface area contributed by atoms with Crippen LogP contribution >= 0.6 is 0 Å². The van der Waals surface area contributed by atoms with Crippen LogP contribution in [-0.2, 0) is 0 Å². The molecule has 0 aromatic heterocycles. The molecule has 0 aliphatic rings. The number of hydrogen-bond acceptors (Lipinski definition) is 2. The SMILES string of the molecule is CCCCCC(C)NC(C)c1ccc(OC)c(F)c1. The van der Waals surface area contributed by atoms with Gasteiger partial charge < -0.3 is 10.1 Å². The molecule has 3 heteroatoms. The number of halogens is 1. The molecule has 108 valence electrons. The lowest BCUT2D eigenvalue weighted by Crippen LogP contribution is -2.28. The second-order valence-electron chi connectivity index (χ2n) is 5.18. The zero-order valence-electron chi connectivity index (χ0n) is 12.5. The minimum atomic E-state index is -0.299. The quantitative estimate of drug-likeness (QED) is 0.702. The van der Waals surface area contributed by atoms with Crippen LogP contribution in [0.2, 0.25) is 0 Å². The van der Waals surface area contributed by atoms with Gasteiger partial charge in [-0.05, 0) is 38.0 Å². The molecule has 1 N–H and O–H groups in total. The Hall–Kier alpha value is -1.09. The van der Waals surface area contributed by atoms with Crippen LogP contribution in [0.5, 0.6) is 5.75 Å². The van der Waals surface area contributed by atoms with Gasteiger partial charge in [-0.15, -0.1) is 0 Å². The van der Waals surface area contributed by atoms with Crippen molar-refractivity contribution in [3.05, 3.63) is 29.6 Å². The average molecular weight is 267 g/mol. The molecule has 2 unspecified atom stereocenters. The van der Waals surface area contributed by atoms with Gasteiger partial charge >= 0.3 is 0 Å². The smallest absolute Gasteiger partial charge is 0.165 e. The fraction of sp³-hybridized carbons (Fsp3) is 0.625. The van der Waals surface area contributed by atoms with E-state index >= 15 is 0 Å². The lowest BCUT2D eigenvalue weighted by molar-refractivity contribution is 0.384. The molecule has 0 bridgehead atoms. The highest BCUT2D eigenvalue weighted by Crippen LogP contribution is 2.22. The molecule has 0 spiro atoms. The molecule has 0 amide bonds. The van der Waals surface area contributed by atoms with E-state index in [2.05, 4.69) is 26.1 Å². The first-order valence-electron chi connectivity index (χ1n) is 7.18. The predicted molar refractivity (Wildman–Crippen MR) is 78.1 cm³/mol. The normalized spacial score (nSPS) is 14.2. The zero-order chi connectivity index (χ0) is 14.3. The summed E-state index contributed by atoms with van der Waals surface area (Å²) in [6, 6.07) is 5.75. The van der Waals surface area contributed by atoms with Crippen LogP contribution in [0.25, 0.3) is 0 Å². The van der Waals surface area contributed by atoms with Crippen LogP contribution in [0.3, 0.4) is 0 Å². The van der Waals surface area contributed by atoms with Gasteiger partial charge in [-0.3, -0.25) is 0 Å². The molecule has 0 aliphatic carbocycles. The number of rotatable bonds is 8. The van der Waals surface area contributed by atoms with Crippen LogP contribution in [0.15, 0.2) is 18.2 Å². The Morgan fingerprint density at radius 3 is 2.58 bits per heavy atom. The lowest BCUT2D eigenvalue weighted by Gasteiger charge is -2.20. The summed E-state index contributed by atoms with van der Waals surface area (Å²) >= 11 is 0. The second kappa shape index (κ2) is 8.16. The highest BCUT2D eigenvalue weighted by atomic mass is 19.1. The van der Waals surface area contributed by atoms with Crippen LogP contribution in [0.1, 0.15) is 58.1 Å². The number of methoxy groups -OCH3 is 1. The van der Waals surface area contributed by atoms with E-state index in [9.17, 15) is 4.39 Å². The van der Waals surface area contributed by atoms with Gasteiger partial charge in [0.15, 0.2) is 11.6 Å². The van der Waals surface area contributed by atoms with E-state index in [0.29, 0.717) is 11.8 Å². The molecule has 0 radical (unpaired) electrons. The number of benzene rings is 1. The fourth-order valence-electron chi connectivity index (χ4n) is 2.26. The Labute approximate surface area is 116 Å².